The van der Waals surface area contributed by atoms with E-state index in [1.165, 1.54) is 0 Å². The fourth-order valence-electron chi connectivity index (χ4n) is 0.288. The van der Waals surface area contributed by atoms with E-state index in [0.717, 1.165) is 11.1 Å². The minimum absolute atomic E-state index is 0.771. The van der Waals surface area contributed by atoms with Crippen molar-refractivity contribution < 1.29 is 0 Å². The van der Waals surface area contributed by atoms with Gasteiger partial charge in [0.1, 0.15) is 0 Å². The molecule has 0 bridgehead atoms. The van der Waals surface area contributed by atoms with E-state index in [4.69, 9.17) is 6.42 Å². The number of hydrogen-bond acceptors (Lipinski definition) is 0. The van der Waals surface area contributed by atoms with Crippen LogP contribution in [0.25, 0.3) is 0 Å². The van der Waals surface area contributed by atoms with Crippen LogP contribution in [0.1, 0.15) is 13.8 Å². The van der Waals surface area contributed by atoms with E-state index in [2.05, 4.69) is 12.5 Å². The Balaban J connectivity index is 4.10. The fourth-order valence-corrected chi connectivity index (χ4v) is 0.288. The lowest BCUT2D eigenvalue weighted by Crippen LogP contribution is -1.74. The summed E-state index contributed by atoms with van der Waals surface area (Å²) in [6, 6.07) is 0. The number of allylic oxidation sites excluding steroid dienone is 3. The van der Waals surface area contributed by atoms with Crippen LogP contribution in [-0.2, 0) is 0 Å². The second-order valence-electron chi connectivity index (χ2n) is 1.59. The first-order valence-corrected chi connectivity index (χ1v) is 2.51. The maximum atomic E-state index is 5.06. The van der Waals surface area contributed by atoms with Gasteiger partial charge in [-0.3, -0.25) is 0 Å². The van der Waals surface area contributed by atoms with Crippen molar-refractivity contribution in [2.45, 2.75) is 13.8 Å². The molecular formula is C8H10. The van der Waals surface area contributed by atoms with Crippen LogP contribution >= 0.6 is 0 Å². The third kappa shape index (κ3) is 1.66. The third-order valence-electron chi connectivity index (χ3n) is 1.08. The Kier molecular flexibility index (Phi) is 2.72. The third-order valence-corrected chi connectivity index (χ3v) is 1.08. The normalized spacial score (nSPS) is 10.4. The Morgan fingerprint density at radius 2 is 2.25 bits per heavy atom. The zero-order chi connectivity index (χ0) is 6.57. The van der Waals surface area contributed by atoms with Crippen molar-refractivity contribution in [1.29, 1.82) is 0 Å². The molecule has 0 aromatic rings. The number of terminal acetylenes is 1. The molecule has 0 rings (SSSR count). The molecule has 0 N–H and O–H groups in total. The average molecular weight is 106 g/mol. The van der Waals surface area contributed by atoms with Crippen LogP contribution in [0.2, 0.25) is 0 Å². The largest absolute Gasteiger partial charge is 0.115 e. The van der Waals surface area contributed by atoms with Crippen molar-refractivity contribution in [3.8, 4) is 12.3 Å². The molecule has 0 amide bonds. The van der Waals surface area contributed by atoms with Crippen molar-refractivity contribution in [3.63, 3.8) is 0 Å². The highest BCUT2D eigenvalue weighted by Gasteiger charge is 1.85. The molecule has 0 radical (unpaired) electrons. The van der Waals surface area contributed by atoms with Gasteiger partial charge in [0.15, 0.2) is 0 Å². The maximum absolute atomic E-state index is 5.06. The molecule has 0 aliphatic heterocycles. The van der Waals surface area contributed by atoms with E-state index >= 15 is 0 Å². The van der Waals surface area contributed by atoms with E-state index in [0.29, 0.717) is 0 Å². The van der Waals surface area contributed by atoms with Gasteiger partial charge in [-0.2, -0.15) is 0 Å². The molecule has 0 aliphatic rings. The summed E-state index contributed by atoms with van der Waals surface area (Å²) in [7, 11) is 0. The molecule has 0 aliphatic carbocycles. The van der Waals surface area contributed by atoms with Gasteiger partial charge < -0.3 is 0 Å². The molecule has 0 heterocycles. The van der Waals surface area contributed by atoms with Gasteiger partial charge in [-0.15, -0.1) is 6.42 Å². The predicted octanol–water partition coefficient (Wildman–Crippen LogP) is 2.14. The van der Waals surface area contributed by atoms with Crippen LogP contribution in [0.5, 0.6) is 0 Å². The first-order chi connectivity index (χ1) is 3.72. The first kappa shape index (κ1) is 7.04. The Hall–Kier alpha value is -0.960. The summed E-state index contributed by atoms with van der Waals surface area (Å²) in [4.78, 5) is 0. The number of hydrogen-bond donors (Lipinski definition) is 0. The second kappa shape index (κ2) is 3.10. The zero-order valence-corrected chi connectivity index (χ0v) is 5.36. The molecular weight excluding hydrogens is 96.1 g/mol. The van der Waals surface area contributed by atoms with Gasteiger partial charge >= 0.3 is 0 Å². The van der Waals surface area contributed by atoms with Gasteiger partial charge in [-0.05, 0) is 19.4 Å². The smallest absolute Gasteiger partial charge is 0.0196 e. The topological polar surface area (TPSA) is 0 Å². The van der Waals surface area contributed by atoms with Gasteiger partial charge in [0.05, 0.1) is 0 Å². The monoisotopic (exact) mass is 106 g/mol. The summed E-state index contributed by atoms with van der Waals surface area (Å²) < 4.78 is 0. The first-order valence-electron chi connectivity index (χ1n) is 2.51. The van der Waals surface area contributed by atoms with Crippen LogP contribution in [0.3, 0.4) is 0 Å². The SMILES string of the molecule is C#CC(=C)/C(C)=C/C. The van der Waals surface area contributed by atoms with Gasteiger partial charge in [0.2, 0.25) is 0 Å². The van der Waals surface area contributed by atoms with E-state index in [1.807, 2.05) is 19.9 Å². The maximum Gasteiger partial charge on any atom is 0.0196 e. The molecule has 0 saturated heterocycles. The molecule has 42 valence electrons. The Bertz CT molecular complexity index is 153. The predicted molar refractivity (Wildman–Crippen MR) is 37.4 cm³/mol. The molecule has 0 saturated carbocycles. The Morgan fingerprint density at radius 1 is 1.75 bits per heavy atom. The second-order valence-corrected chi connectivity index (χ2v) is 1.59. The van der Waals surface area contributed by atoms with Crippen molar-refractivity contribution in [3.05, 3.63) is 23.8 Å². The van der Waals surface area contributed by atoms with E-state index in [-0.39, 0.29) is 0 Å². The molecule has 0 aromatic heterocycles. The standard InChI is InChI=1S/C8H10/c1-5-7(3)8(4)6-2/h1,6H,3H2,2,4H3/b8-6+. The average Bonchev–Trinajstić information content (AvgIpc) is 1.84. The molecule has 0 atom stereocenters. The van der Waals surface area contributed by atoms with Crippen molar-refractivity contribution in [1.82, 2.24) is 0 Å². The minimum Gasteiger partial charge on any atom is -0.115 e. The highest BCUT2D eigenvalue weighted by atomic mass is 13.9. The fraction of sp³-hybridized carbons (Fsp3) is 0.250. The molecule has 0 aromatic carbocycles. The lowest BCUT2D eigenvalue weighted by atomic mass is 10.1. The highest BCUT2D eigenvalue weighted by molar-refractivity contribution is 5.39. The highest BCUT2D eigenvalue weighted by Crippen LogP contribution is 2.02. The van der Waals surface area contributed by atoms with E-state index in [9.17, 15) is 0 Å². The number of rotatable bonds is 1. The van der Waals surface area contributed by atoms with Gasteiger partial charge in [-0.1, -0.05) is 18.6 Å². The summed E-state index contributed by atoms with van der Waals surface area (Å²) >= 11 is 0. The summed E-state index contributed by atoms with van der Waals surface area (Å²) in [5, 5.41) is 0. The van der Waals surface area contributed by atoms with Crippen molar-refractivity contribution in [2.24, 2.45) is 0 Å². The van der Waals surface area contributed by atoms with Crippen LogP contribution in [0, 0.1) is 12.3 Å². The van der Waals surface area contributed by atoms with Crippen LogP contribution < -0.4 is 0 Å². The summed E-state index contributed by atoms with van der Waals surface area (Å²) in [5.74, 6) is 2.45. The molecule has 0 nitrogen and oxygen atoms in total. The quantitative estimate of drug-likeness (QED) is 0.355. The van der Waals surface area contributed by atoms with Crippen LogP contribution in [-0.4, -0.2) is 0 Å². The lowest BCUT2D eigenvalue weighted by molar-refractivity contribution is 1.43. The Labute approximate surface area is 50.9 Å². The molecule has 0 spiro atoms. The van der Waals surface area contributed by atoms with Crippen molar-refractivity contribution >= 4 is 0 Å². The van der Waals surface area contributed by atoms with E-state index in [1.54, 1.807) is 0 Å². The molecule has 8 heavy (non-hydrogen) atoms. The summed E-state index contributed by atoms with van der Waals surface area (Å²) in [6.45, 7) is 7.53. The van der Waals surface area contributed by atoms with Crippen LogP contribution in [0.4, 0.5) is 0 Å². The summed E-state index contributed by atoms with van der Waals surface area (Å²) in [6.07, 6.45) is 7.00. The zero-order valence-electron chi connectivity index (χ0n) is 5.36. The van der Waals surface area contributed by atoms with Crippen LogP contribution in [0.15, 0.2) is 23.8 Å². The van der Waals surface area contributed by atoms with Gasteiger partial charge in [0.25, 0.3) is 0 Å². The van der Waals surface area contributed by atoms with Crippen molar-refractivity contribution in [2.75, 3.05) is 0 Å². The molecule has 0 unspecified atom stereocenters. The van der Waals surface area contributed by atoms with E-state index < -0.39 is 0 Å². The lowest BCUT2D eigenvalue weighted by Gasteiger charge is -1.91. The van der Waals surface area contributed by atoms with Gasteiger partial charge in [0, 0.05) is 5.57 Å². The minimum atomic E-state index is 0.771. The molecule has 0 heteroatoms. The van der Waals surface area contributed by atoms with Gasteiger partial charge in [-0.25, -0.2) is 0 Å². The summed E-state index contributed by atoms with van der Waals surface area (Å²) in [5.41, 5.74) is 1.85. The Morgan fingerprint density at radius 3 is 2.38 bits per heavy atom. The molecule has 0 fully saturated rings.